The maximum Gasteiger partial charge on any atom is 0.120 e. The van der Waals surface area contributed by atoms with Crippen LogP contribution in [-0.4, -0.2) is 11.7 Å². The number of ether oxygens (including phenoxy) is 1. The molecule has 0 aliphatic heterocycles. The first-order chi connectivity index (χ1) is 9.67. The number of hydrogen-bond acceptors (Lipinski definition) is 2. The van der Waals surface area contributed by atoms with Crippen LogP contribution in [0.3, 0.4) is 0 Å². The van der Waals surface area contributed by atoms with Gasteiger partial charge in [0, 0.05) is 5.56 Å². The molecular formula is C18H18O2. The van der Waals surface area contributed by atoms with Gasteiger partial charge in [0.1, 0.15) is 19.0 Å². The third-order valence-corrected chi connectivity index (χ3v) is 2.84. The van der Waals surface area contributed by atoms with Gasteiger partial charge in [-0.05, 0) is 54.8 Å². The van der Waals surface area contributed by atoms with Crippen LogP contribution in [0.2, 0.25) is 0 Å². The van der Waals surface area contributed by atoms with Gasteiger partial charge in [-0.3, -0.25) is 0 Å². The Balaban J connectivity index is 2.07. The fraction of sp³-hybridized carbons (Fsp3) is 0.222. The molecule has 20 heavy (non-hydrogen) atoms. The van der Waals surface area contributed by atoms with E-state index in [0.29, 0.717) is 6.61 Å². The zero-order chi connectivity index (χ0) is 14.4. The molecule has 2 nitrogen and oxygen atoms in total. The van der Waals surface area contributed by atoms with E-state index in [1.54, 1.807) is 0 Å². The highest BCUT2D eigenvalue weighted by Gasteiger charge is 1.99. The minimum absolute atomic E-state index is 0.122. The van der Waals surface area contributed by atoms with Crippen LogP contribution in [0.5, 0.6) is 5.75 Å². The van der Waals surface area contributed by atoms with Crippen molar-refractivity contribution in [1.29, 1.82) is 0 Å². The molecule has 2 heteroatoms. The molecule has 102 valence electrons. The Hall–Kier alpha value is -2.24. The van der Waals surface area contributed by atoms with Gasteiger partial charge in [-0.15, -0.1) is 0 Å². The lowest BCUT2D eigenvalue weighted by Gasteiger charge is -2.08. The highest BCUT2D eigenvalue weighted by molar-refractivity contribution is 5.37. The van der Waals surface area contributed by atoms with Crippen LogP contribution in [0.15, 0.2) is 42.5 Å². The number of benzene rings is 2. The zero-order valence-electron chi connectivity index (χ0n) is 11.8. The fourth-order valence-electron chi connectivity index (χ4n) is 2.06. The van der Waals surface area contributed by atoms with E-state index in [2.05, 4.69) is 31.8 Å². The van der Waals surface area contributed by atoms with Gasteiger partial charge in [-0.1, -0.05) is 30.0 Å². The second kappa shape index (κ2) is 6.79. The van der Waals surface area contributed by atoms with Crippen LogP contribution >= 0.6 is 0 Å². The van der Waals surface area contributed by atoms with Gasteiger partial charge in [0.25, 0.3) is 0 Å². The summed E-state index contributed by atoms with van der Waals surface area (Å²) >= 11 is 0. The molecule has 0 unspecified atom stereocenters. The summed E-state index contributed by atoms with van der Waals surface area (Å²) in [6.45, 7) is 4.51. The average Bonchev–Trinajstić information content (AvgIpc) is 2.42. The standard InChI is InChI=1S/C18H18O2/c1-14-9-15(2)11-18(10-14)20-13-17-6-3-5-16(12-17)7-4-8-19/h3,5-6,9-12,19H,8,13H2,1-2H3. The summed E-state index contributed by atoms with van der Waals surface area (Å²) in [7, 11) is 0. The molecule has 0 amide bonds. The Kier molecular flexibility index (Phi) is 4.81. The van der Waals surface area contributed by atoms with Crippen molar-refractivity contribution >= 4 is 0 Å². The number of aliphatic hydroxyl groups is 1. The lowest BCUT2D eigenvalue weighted by atomic mass is 10.1. The third kappa shape index (κ3) is 4.15. The predicted molar refractivity (Wildman–Crippen MR) is 80.7 cm³/mol. The van der Waals surface area contributed by atoms with E-state index in [4.69, 9.17) is 9.84 Å². The largest absolute Gasteiger partial charge is 0.489 e. The van der Waals surface area contributed by atoms with Gasteiger partial charge >= 0.3 is 0 Å². The van der Waals surface area contributed by atoms with Crippen molar-refractivity contribution in [2.24, 2.45) is 0 Å². The SMILES string of the molecule is Cc1cc(C)cc(OCc2cccc(C#CCO)c2)c1. The molecule has 1 N–H and O–H groups in total. The molecule has 2 aromatic carbocycles. The Morgan fingerprint density at radius 1 is 1.05 bits per heavy atom. The molecular weight excluding hydrogens is 248 g/mol. The number of hydrogen-bond donors (Lipinski definition) is 1. The predicted octanol–water partition coefficient (Wildman–Crippen LogP) is 3.23. The second-order valence-electron chi connectivity index (χ2n) is 4.77. The molecule has 0 fully saturated rings. The monoisotopic (exact) mass is 266 g/mol. The van der Waals surface area contributed by atoms with E-state index in [1.165, 1.54) is 11.1 Å². The minimum Gasteiger partial charge on any atom is -0.489 e. The smallest absolute Gasteiger partial charge is 0.120 e. The molecule has 0 aliphatic carbocycles. The number of rotatable bonds is 3. The Bertz CT molecular complexity index is 628. The first kappa shape index (κ1) is 14.2. The van der Waals surface area contributed by atoms with Gasteiger partial charge in [0.15, 0.2) is 0 Å². The summed E-state index contributed by atoms with van der Waals surface area (Å²) < 4.78 is 5.82. The van der Waals surface area contributed by atoms with Gasteiger partial charge in [0.2, 0.25) is 0 Å². The van der Waals surface area contributed by atoms with Crippen molar-refractivity contribution in [1.82, 2.24) is 0 Å². The van der Waals surface area contributed by atoms with Crippen molar-refractivity contribution < 1.29 is 9.84 Å². The van der Waals surface area contributed by atoms with Gasteiger partial charge in [0.05, 0.1) is 0 Å². The van der Waals surface area contributed by atoms with Crippen molar-refractivity contribution in [2.45, 2.75) is 20.5 Å². The van der Waals surface area contributed by atoms with E-state index in [0.717, 1.165) is 16.9 Å². The molecule has 0 aliphatic rings. The molecule has 0 atom stereocenters. The first-order valence-corrected chi connectivity index (χ1v) is 6.57. The van der Waals surface area contributed by atoms with Crippen molar-refractivity contribution in [3.63, 3.8) is 0 Å². The normalized spacial score (nSPS) is 9.75. The average molecular weight is 266 g/mol. The maximum absolute atomic E-state index is 8.70. The summed E-state index contributed by atoms with van der Waals surface area (Å²) in [6.07, 6.45) is 0. The Morgan fingerprint density at radius 2 is 1.80 bits per heavy atom. The minimum atomic E-state index is -0.122. The molecule has 0 radical (unpaired) electrons. The van der Waals surface area contributed by atoms with Crippen LogP contribution in [0.25, 0.3) is 0 Å². The van der Waals surface area contributed by atoms with E-state index >= 15 is 0 Å². The van der Waals surface area contributed by atoms with Crippen LogP contribution in [-0.2, 0) is 6.61 Å². The molecule has 0 saturated heterocycles. The van der Waals surface area contributed by atoms with Crippen LogP contribution in [0.4, 0.5) is 0 Å². The molecule has 2 rings (SSSR count). The van der Waals surface area contributed by atoms with E-state index in [1.807, 2.05) is 36.4 Å². The molecule has 0 saturated carbocycles. The van der Waals surface area contributed by atoms with E-state index in [9.17, 15) is 0 Å². The summed E-state index contributed by atoms with van der Waals surface area (Å²) in [5.74, 6) is 6.42. The van der Waals surface area contributed by atoms with Gasteiger partial charge < -0.3 is 9.84 Å². The topological polar surface area (TPSA) is 29.5 Å². The number of aliphatic hydroxyl groups excluding tert-OH is 1. The summed E-state index contributed by atoms with van der Waals surface area (Å²) in [4.78, 5) is 0. The summed E-state index contributed by atoms with van der Waals surface area (Å²) in [6, 6.07) is 14.0. The Labute approximate surface area is 120 Å². The molecule has 2 aromatic rings. The third-order valence-electron chi connectivity index (χ3n) is 2.84. The highest BCUT2D eigenvalue weighted by Crippen LogP contribution is 2.17. The second-order valence-corrected chi connectivity index (χ2v) is 4.77. The first-order valence-electron chi connectivity index (χ1n) is 6.57. The molecule has 0 aromatic heterocycles. The van der Waals surface area contributed by atoms with Crippen molar-refractivity contribution in [3.05, 3.63) is 64.7 Å². The molecule has 0 spiro atoms. The van der Waals surface area contributed by atoms with Crippen LogP contribution in [0, 0.1) is 25.7 Å². The van der Waals surface area contributed by atoms with Crippen molar-refractivity contribution in [2.75, 3.05) is 6.61 Å². The molecule has 0 heterocycles. The lowest BCUT2D eigenvalue weighted by molar-refractivity contribution is 0.306. The van der Waals surface area contributed by atoms with Gasteiger partial charge in [-0.2, -0.15) is 0 Å². The van der Waals surface area contributed by atoms with E-state index in [-0.39, 0.29) is 6.61 Å². The number of aryl methyl sites for hydroxylation is 2. The van der Waals surface area contributed by atoms with Gasteiger partial charge in [-0.25, -0.2) is 0 Å². The maximum atomic E-state index is 8.70. The van der Waals surface area contributed by atoms with E-state index < -0.39 is 0 Å². The van der Waals surface area contributed by atoms with Crippen LogP contribution < -0.4 is 4.74 Å². The summed E-state index contributed by atoms with van der Waals surface area (Å²) in [5, 5.41) is 8.70. The fourth-order valence-corrected chi connectivity index (χ4v) is 2.06. The van der Waals surface area contributed by atoms with Crippen LogP contribution in [0.1, 0.15) is 22.3 Å². The quantitative estimate of drug-likeness (QED) is 0.864. The highest BCUT2D eigenvalue weighted by atomic mass is 16.5. The summed E-state index contributed by atoms with van der Waals surface area (Å²) in [5.41, 5.74) is 4.35. The zero-order valence-corrected chi connectivity index (χ0v) is 11.8. The molecule has 0 bridgehead atoms. The lowest BCUT2D eigenvalue weighted by Crippen LogP contribution is -1.96. The van der Waals surface area contributed by atoms with Crippen molar-refractivity contribution in [3.8, 4) is 17.6 Å². The Morgan fingerprint density at radius 3 is 2.50 bits per heavy atom.